The van der Waals surface area contributed by atoms with Crippen molar-refractivity contribution in [3.8, 4) is 0 Å². The average molecular weight is 321 g/mol. The van der Waals surface area contributed by atoms with Crippen molar-refractivity contribution in [2.24, 2.45) is 0 Å². The number of hydrogen-bond acceptors (Lipinski definition) is 7. The molecule has 1 fully saturated rings. The third-order valence-electron chi connectivity index (χ3n) is 3.51. The maximum Gasteiger partial charge on any atom is 0.264 e. The molecular weight excluding hydrogens is 309 g/mol. The van der Waals surface area contributed by atoms with E-state index in [1.807, 2.05) is 0 Å². The molecule has 2 aromatic heterocycles. The molecule has 3 heterocycles. The van der Waals surface area contributed by atoms with Crippen molar-refractivity contribution in [2.45, 2.75) is 29.3 Å². The fourth-order valence-corrected chi connectivity index (χ4v) is 3.20. The standard InChI is InChI=1S/C13H12FN5O2S/c14-8-1-2-11-10(7-8)15-13(21-11)22-12-16-17-18-19(12)9-3-5-20-6-4-9/h1-2,7,9H,3-6H2. The van der Waals surface area contributed by atoms with E-state index in [-0.39, 0.29) is 11.9 Å². The Morgan fingerprint density at radius 2 is 2.14 bits per heavy atom. The summed E-state index contributed by atoms with van der Waals surface area (Å²) < 4.78 is 25.9. The molecular formula is C13H12FN5O2S. The van der Waals surface area contributed by atoms with Gasteiger partial charge in [-0.1, -0.05) is 0 Å². The first-order valence-electron chi connectivity index (χ1n) is 6.89. The Labute approximate surface area is 128 Å². The molecule has 1 aromatic carbocycles. The van der Waals surface area contributed by atoms with Crippen molar-refractivity contribution >= 4 is 22.9 Å². The van der Waals surface area contributed by atoms with Crippen LogP contribution in [0.2, 0.25) is 0 Å². The minimum atomic E-state index is -0.343. The van der Waals surface area contributed by atoms with Crippen LogP contribution in [0.25, 0.3) is 11.1 Å². The van der Waals surface area contributed by atoms with Crippen molar-refractivity contribution in [3.05, 3.63) is 24.0 Å². The number of fused-ring (bicyclic) bond motifs is 1. The van der Waals surface area contributed by atoms with E-state index in [0.717, 1.165) is 12.8 Å². The zero-order chi connectivity index (χ0) is 14.9. The molecule has 0 atom stereocenters. The van der Waals surface area contributed by atoms with Crippen molar-refractivity contribution < 1.29 is 13.5 Å². The summed E-state index contributed by atoms with van der Waals surface area (Å²) in [6.07, 6.45) is 1.74. The first-order valence-corrected chi connectivity index (χ1v) is 7.71. The van der Waals surface area contributed by atoms with Crippen LogP contribution in [0.15, 0.2) is 33.0 Å². The van der Waals surface area contributed by atoms with Crippen LogP contribution in [0.4, 0.5) is 4.39 Å². The Balaban J connectivity index is 1.61. The number of rotatable bonds is 3. The Kier molecular flexibility index (Phi) is 3.51. The SMILES string of the molecule is Fc1ccc2oc(Sc3nnnn3C3CCOCC3)nc2c1. The summed E-state index contributed by atoms with van der Waals surface area (Å²) in [4.78, 5) is 4.26. The third kappa shape index (κ3) is 2.57. The van der Waals surface area contributed by atoms with Gasteiger partial charge >= 0.3 is 0 Å². The van der Waals surface area contributed by atoms with Gasteiger partial charge in [0.25, 0.3) is 5.22 Å². The quantitative estimate of drug-likeness (QED) is 0.733. The van der Waals surface area contributed by atoms with Gasteiger partial charge in [-0.15, -0.1) is 5.10 Å². The number of benzene rings is 1. The van der Waals surface area contributed by atoms with Gasteiger partial charge in [0.2, 0.25) is 5.16 Å². The number of tetrazole rings is 1. The zero-order valence-electron chi connectivity index (χ0n) is 11.5. The van der Waals surface area contributed by atoms with Gasteiger partial charge < -0.3 is 9.15 Å². The predicted octanol–water partition coefficient (Wildman–Crippen LogP) is 2.46. The molecule has 0 spiro atoms. The highest BCUT2D eigenvalue weighted by molar-refractivity contribution is 7.99. The van der Waals surface area contributed by atoms with Gasteiger partial charge in [-0.25, -0.2) is 14.1 Å². The van der Waals surface area contributed by atoms with Gasteiger partial charge in [-0.3, -0.25) is 0 Å². The van der Waals surface area contributed by atoms with Gasteiger partial charge in [0, 0.05) is 31.0 Å². The van der Waals surface area contributed by atoms with Crippen LogP contribution in [0, 0.1) is 5.82 Å². The molecule has 0 saturated carbocycles. The molecule has 0 unspecified atom stereocenters. The first kappa shape index (κ1) is 13.6. The van der Waals surface area contributed by atoms with Crippen LogP contribution in [0.1, 0.15) is 18.9 Å². The molecule has 22 heavy (non-hydrogen) atoms. The Morgan fingerprint density at radius 3 is 3.00 bits per heavy atom. The Bertz CT molecular complexity index is 799. The normalized spacial score (nSPS) is 16.4. The maximum absolute atomic E-state index is 13.2. The number of hydrogen-bond donors (Lipinski definition) is 0. The van der Waals surface area contributed by atoms with Crippen LogP contribution in [0.5, 0.6) is 0 Å². The van der Waals surface area contributed by atoms with E-state index < -0.39 is 0 Å². The van der Waals surface area contributed by atoms with E-state index in [1.165, 1.54) is 23.9 Å². The summed E-state index contributed by atoms with van der Waals surface area (Å²) >= 11 is 1.23. The summed E-state index contributed by atoms with van der Waals surface area (Å²) in [5, 5.41) is 12.8. The van der Waals surface area contributed by atoms with E-state index in [1.54, 1.807) is 10.7 Å². The van der Waals surface area contributed by atoms with Crippen LogP contribution in [0.3, 0.4) is 0 Å². The topological polar surface area (TPSA) is 78.9 Å². The van der Waals surface area contributed by atoms with Gasteiger partial charge in [-0.05, 0) is 35.4 Å². The lowest BCUT2D eigenvalue weighted by atomic mass is 10.1. The molecule has 4 rings (SSSR count). The molecule has 9 heteroatoms. The van der Waals surface area contributed by atoms with Gasteiger partial charge in [0.1, 0.15) is 11.3 Å². The fourth-order valence-electron chi connectivity index (χ4n) is 2.41. The van der Waals surface area contributed by atoms with E-state index in [0.29, 0.717) is 34.7 Å². The molecule has 0 bridgehead atoms. The van der Waals surface area contributed by atoms with E-state index >= 15 is 0 Å². The highest BCUT2D eigenvalue weighted by Crippen LogP contribution is 2.31. The van der Waals surface area contributed by atoms with Gasteiger partial charge in [0.15, 0.2) is 5.58 Å². The smallest absolute Gasteiger partial charge is 0.264 e. The highest BCUT2D eigenvalue weighted by Gasteiger charge is 2.22. The Morgan fingerprint density at radius 1 is 1.27 bits per heavy atom. The molecule has 1 saturated heterocycles. The van der Waals surface area contributed by atoms with Crippen LogP contribution in [-0.4, -0.2) is 38.4 Å². The number of nitrogens with zero attached hydrogens (tertiary/aromatic N) is 5. The van der Waals surface area contributed by atoms with Crippen molar-refractivity contribution in [2.75, 3.05) is 13.2 Å². The van der Waals surface area contributed by atoms with Crippen LogP contribution < -0.4 is 0 Å². The number of ether oxygens (including phenoxy) is 1. The Hall–Kier alpha value is -2.00. The second-order valence-electron chi connectivity index (χ2n) is 4.94. The minimum Gasteiger partial charge on any atom is -0.431 e. The van der Waals surface area contributed by atoms with Gasteiger partial charge in [0.05, 0.1) is 6.04 Å². The molecule has 1 aliphatic heterocycles. The predicted molar refractivity (Wildman–Crippen MR) is 75.0 cm³/mol. The molecule has 0 aliphatic carbocycles. The monoisotopic (exact) mass is 321 g/mol. The third-order valence-corrected chi connectivity index (χ3v) is 4.31. The second kappa shape index (κ2) is 5.65. The van der Waals surface area contributed by atoms with Crippen LogP contribution in [-0.2, 0) is 4.74 Å². The van der Waals surface area contributed by atoms with E-state index in [2.05, 4.69) is 20.5 Å². The lowest BCUT2D eigenvalue weighted by Crippen LogP contribution is -2.21. The number of oxazole rings is 1. The van der Waals surface area contributed by atoms with Gasteiger partial charge in [-0.2, -0.15) is 0 Å². The molecule has 1 aliphatic rings. The first-order chi connectivity index (χ1) is 10.8. The number of aromatic nitrogens is 5. The minimum absolute atomic E-state index is 0.216. The van der Waals surface area contributed by atoms with Crippen molar-refractivity contribution in [1.29, 1.82) is 0 Å². The van der Waals surface area contributed by atoms with Crippen molar-refractivity contribution in [3.63, 3.8) is 0 Å². The number of halogens is 1. The molecule has 7 nitrogen and oxygen atoms in total. The molecule has 0 N–H and O–H groups in total. The lowest BCUT2D eigenvalue weighted by molar-refractivity contribution is 0.0631. The summed E-state index contributed by atoms with van der Waals surface area (Å²) in [5.74, 6) is -0.343. The average Bonchev–Trinajstić information content (AvgIpc) is 3.14. The summed E-state index contributed by atoms with van der Waals surface area (Å²) in [6, 6.07) is 4.45. The summed E-state index contributed by atoms with van der Waals surface area (Å²) in [6.45, 7) is 1.41. The molecule has 0 radical (unpaired) electrons. The van der Waals surface area contributed by atoms with Crippen molar-refractivity contribution in [1.82, 2.24) is 25.2 Å². The lowest BCUT2D eigenvalue weighted by Gasteiger charge is -2.22. The van der Waals surface area contributed by atoms with Crippen LogP contribution >= 0.6 is 11.8 Å². The van der Waals surface area contributed by atoms with E-state index in [4.69, 9.17) is 9.15 Å². The molecule has 3 aromatic rings. The second-order valence-corrected chi connectivity index (χ2v) is 5.86. The largest absolute Gasteiger partial charge is 0.431 e. The summed E-state index contributed by atoms with van der Waals surface area (Å²) in [7, 11) is 0. The summed E-state index contributed by atoms with van der Waals surface area (Å²) in [5.41, 5.74) is 1.02. The molecule has 0 amide bonds. The maximum atomic E-state index is 13.2. The van der Waals surface area contributed by atoms with E-state index in [9.17, 15) is 4.39 Å². The zero-order valence-corrected chi connectivity index (χ0v) is 12.3. The highest BCUT2D eigenvalue weighted by atomic mass is 32.2. The molecule has 114 valence electrons. The fraction of sp³-hybridized carbons (Fsp3) is 0.385.